The average Bonchev–Trinajstić information content (AvgIpc) is 2.45. The van der Waals surface area contributed by atoms with Gasteiger partial charge in [-0.2, -0.15) is 0 Å². The molecule has 0 aliphatic carbocycles. The summed E-state index contributed by atoms with van der Waals surface area (Å²) in [7, 11) is 0. The van der Waals surface area contributed by atoms with Crippen molar-refractivity contribution in [2.45, 2.75) is 0 Å². The van der Waals surface area contributed by atoms with Crippen molar-refractivity contribution in [1.82, 2.24) is 4.92 Å². The number of rotatable bonds is 1. The van der Waals surface area contributed by atoms with Gasteiger partial charge in [-0.3, -0.25) is 0 Å². The van der Waals surface area contributed by atoms with Crippen molar-refractivity contribution in [3.05, 3.63) is 36.4 Å². The molecule has 1 aliphatic rings. The van der Waals surface area contributed by atoms with Crippen molar-refractivity contribution in [3.8, 4) is 0 Å². The second-order valence-electron chi connectivity index (χ2n) is 3.25. The van der Waals surface area contributed by atoms with Crippen molar-refractivity contribution >= 4 is 11.4 Å². The van der Waals surface area contributed by atoms with Crippen molar-refractivity contribution in [1.29, 1.82) is 0 Å². The van der Waals surface area contributed by atoms with E-state index in [1.54, 1.807) is 24.3 Å². The van der Waals surface area contributed by atoms with Gasteiger partial charge in [-0.1, -0.05) is 12.2 Å². The second kappa shape index (κ2) is 4.00. The first kappa shape index (κ1) is 10.1. The lowest BCUT2D eigenvalue weighted by Crippen LogP contribution is -2.55. The third-order valence-corrected chi connectivity index (χ3v) is 2.14. The number of benzene rings is 1. The zero-order chi connectivity index (χ0) is 10.7. The van der Waals surface area contributed by atoms with Crippen LogP contribution in [-0.4, -0.2) is 13.2 Å². The molecule has 5 nitrogen and oxygen atoms in total. The Bertz CT molecular complexity index is 351. The molecule has 0 spiro atoms. The number of nitrogen functional groups attached to an aromatic ring is 1. The summed E-state index contributed by atoms with van der Waals surface area (Å²) in [6.07, 6.45) is 3.73. The Kier molecular flexibility index (Phi) is 2.70. The molecule has 0 amide bonds. The maximum absolute atomic E-state index is 5.94. The van der Waals surface area contributed by atoms with E-state index in [2.05, 4.69) is 0 Å². The molecule has 1 aromatic rings. The van der Waals surface area contributed by atoms with Crippen LogP contribution < -0.4 is 16.5 Å². The minimum absolute atomic E-state index is 0.418. The molecule has 1 aliphatic heterocycles. The molecule has 1 heterocycles. The molecule has 0 saturated carbocycles. The van der Waals surface area contributed by atoms with Crippen LogP contribution in [-0.2, 0) is 9.68 Å². The zero-order valence-electron chi connectivity index (χ0n) is 8.30. The van der Waals surface area contributed by atoms with Crippen LogP contribution in [0, 0.1) is 0 Å². The smallest absolute Gasteiger partial charge is 0.222 e. The zero-order valence-corrected chi connectivity index (χ0v) is 8.30. The number of quaternary nitrogens is 1. The quantitative estimate of drug-likeness (QED) is 0.311. The number of hydrogen-bond donors (Lipinski definition) is 2. The average molecular weight is 208 g/mol. The molecule has 1 aromatic carbocycles. The van der Waals surface area contributed by atoms with E-state index < -0.39 is 4.92 Å². The fourth-order valence-corrected chi connectivity index (χ4v) is 1.31. The van der Waals surface area contributed by atoms with Gasteiger partial charge in [-0.15, -0.1) is 15.5 Å². The molecular weight excluding hydrogens is 194 g/mol. The van der Waals surface area contributed by atoms with Crippen LogP contribution >= 0.6 is 0 Å². The molecule has 0 aromatic heterocycles. The van der Waals surface area contributed by atoms with Crippen LogP contribution in [0.2, 0.25) is 0 Å². The van der Waals surface area contributed by atoms with Gasteiger partial charge in [-0.05, 0) is 12.1 Å². The number of nitrogens with two attached hydrogens (primary N) is 2. The molecule has 0 saturated heterocycles. The van der Waals surface area contributed by atoms with Crippen LogP contribution in [0.25, 0.3) is 0 Å². The Morgan fingerprint density at radius 3 is 2.07 bits per heavy atom. The highest BCUT2D eigenvalue weighted by atomic mass is 17.0. The lowest BCUT2D eigenvalue weighted by molar-refractivity contribution is -0.344. The predicted molar refractivity (Wildman–Crippen MR) is 57.9 cm³/mol. The fourth-order valence-electron chi connectivity index (χ4n) is 1.31. The molecule has 0 radical (unpaired) electrons. The van der Waals surface area contributed by atoms with E-state index in [1.165, 1.54) is 0 Å². The largest absolute Gasteiger partial charge is 0.399 e. The highest BCUT2D eigenvalue weighted by molar-refractivity contribution is 5.48. The molecule has 2 rings (SSSR count). The standard InChI is InChI=1S/C10H14N3O2/c11-9-3-5-10(6-4-9)13(12)14-7-1-2-8-15-13/h1-6H,7-8,11-12H2/q+1. The van der Waals surface area contributed by atoms with Gasteiger partial charge in [0.25, 0.3) is 0 Å². The molecule has 0 unspecified atom stereocenters. The van der Waals surface area contributed by atoms with E-state index in [0.29, 0.717) is 24.6 Å². The molecule has 5 heteroatoms. The summed E-state index contributed by atoms with van der Waals surface area (Å²) in [5.41, 5.74) is 6.97. The predicted octanol–water partition coefficient (Wildman–Crippen LogP) is 0.883. The van der Waals surface area contributed by atoms with Gasteiger partial charge in [0, 0.05) is 17.8 Å². The number of anilines is 1. The Hall–Kier alpha value is -1.40. The van der Waals surface area contributed by atoms with Crippen LogP contribution in [0.1, 0.15) is 0 Å². The molecule has 0 atom stereocenters. The first-order valence-corrected chi connectivity index (χ1v) is 4.68. The fraction of sp³-hybridized carbons (Fsp3) is 0.200. The Morgan fingerprint density at radius 2 is 1.53 bits per heavy atom. The second-order valence-corrected chi connectivity index (χ2v) is 3.25. The highest BCUT2D eigenvalue weighted by Crippen LogP contribution is 2.22. The van der Waals surface area contributed by atoms with Crippen LogP contribution in [0.5, 0.6) is 0 Å². The summed E-state index contributed by atoms with van der Waals surface area (Å²) in [5.74, 6) is 5.94. The Morgan fingerprint density at radius 1 is 1.00 bits per heavy atom. The summed E-state index contributed by atoms with van der Waals surface area (Å²) in [6.45, 7) is 0.835. The molecule has 0 bridgehead atoms. The van der Waals surface area contributed by atoms with Gasteiger partial charge in [0.15, 0.2) is 0 Å². The van der Waals surface area contributed by atoms with E-state index in [0.717, 1.165) is 0 Å². The van der Waals surface area contributed by atoms with Gasteiger partial charge in [-0.25, -0.2) is 0 Å². The topological polar surface area (TPSA) is 70.5 Å². The van der Waals surface area contributed by atoms with Gasteiger partial charge >= 0.3 is 0 Å². The summed E-state index contributed by atoms with van der Waals surface area (Å²) >= 11 is 0. The lowest BCUT2D eigenvalue weighted by Gasteiger charge is -2.24. The van der Waals surface area contributed by atoms with Crippen LogP contribution in [0.4, 0.5) is 11.4 Å². The van der Waals surface area contributed by atoms with Crippen molar-refractivity contribution in [3.63, 3.8) is 0 Å². The van der Waals surface area contributed by atoms with Crippen LogP contribution in [0.15, 0.2) is 36.4 Å². The highest BCUT2D eigenvalue weighted by Gasteiger charge is 2.31. The lowest BCUT2D eigenvalue weighted by atomic mass is 10.3. The summed E-state index contributed by atoms with van der Waals surface area (Å²) < 4.78 is 0. The minimum atomic E-state index is -0.479. The van der Waals surface area contributed by atoms with E-state index in [9.17, 15) is 0 Å². The van der Waals surface area contributed by atoms with Crippen molar-refractivity contribution < 1.29 is 9.68 Å². The Labute approximate surface area is 88.0 Å². The van der Waals surface area contributed by atoms with E-state index in [-0.39, 0.29) is 0 Å². The molecule has 80 valence electrons. The van der Waals surface area contributed by atoms with Gasteiger partial charge in [0.2, 0.25) is 5.69 Å². The minimum Gasteiger partial charge on any atom is -0.399 e. The van der Waals surface area contributed by atoms with Crippen molar-refractivity contribution in [2.75, 3.05) is 18.9 Å². The summed E-state index contributed by atoms with van der Waals surface area (Å²) in [6, 6.07) is 7.07. The third kappa shape index (κ3) is 2.16. The van der Waals surface area contributed by atoms with Crippen LogP contribution in [0.3, 0.4) is 0 Å². The molecule has 0 fully saturated rings. The molecular formula is C10H14N3O2+. The van der Waals surface area contributed by atoms with Gasteiger partial charge in [0.1, 0.15) is 13.2 Å². The van der Waals surface area contributed by atoms with Crippen molar-refractivity contribution in [2.24, 2.45) is 5.84 Å². The Balaban J connectivity index is 2.24. The van der Waals surface area contributed by atoms with Gasteiger partial charge < -0.3 is 5.73 Å². The maximum Gasteiger partial charge on any atom is 0.222 e. The summed E-state index contributed by atoms with van der Waals surface area (Å²) in [5, 5.41) is 0. The number of nitrogens with zero attached hydrogens (tertiary/aromatic N) is 1. The van der Waals surface area contributed by atoms with E-state index in [1.807, 2.05) is 12.2 Å². The summed E-state index contributed by atoms with van der Waals surface area (Å²) in [4.78, 5) is 10.3. The molecule has 15 heavy (non-hydrogen) atoms. The first-order chi connectivity index (χ1) is 7.21. The van der Waals surface area contributed by atoms with E-state index in [4.69, 9.17) is 21.3 Å². The maximum atomic E-state index is 5.94. The first-order valence-electron chi connectivity index (χ1n) is 4.68. The number of hydrogen-bond acceptors (Lipinski definition) is 4. The molecule has 4 N–H and O–H groups in total. The van der Waals surface area contributed by atoms with Gasteiger partial charge in [0.05, 0.1) is 4.92 Å². The normalized spacial score (nSPS) is 19.8. The van der Waals surface area contributed by atoms with E-state index >= 15 is 0 Å². The third-order valence-electron chi connectivity index (χ3n) is 2.14. The monoisotopic (exact) mass is 208 g/mol. The SMILES string of the molecule is Nc1ccc([N+]2(N)OCC=CCO2)cc1.